The number of benzene rings is 1. The van der Waals surface area contributed by atoms with Crippen molar-refractivity contribution in [3.05, 3.63) is 58.4 Å². The standard InChI is InChI=1S/C16H13N5O2S/c1-10-8-11(2)20(18-10)16-17-13(9-24-16)14-15(21(22)23-19-14)12-6-4-3-5-7-12/h3-9H,1-2H3. The second-order valence-electron chi connectivity index (χ2n) is 5.35. The van der Waals surface area contributed by atoms with Crippen LogP contribution in [0, 0.1) is 19.1 Å². The highest BCUT2D eigenvalue weighted by molar-refractivity contribution is 7.12. The Labute approximate surface area is 141 Å². The molecule has 0 saturated heterocycles. The van der Waals surface area contributed by atoms with Gasteiger partial charge in [-0.05, 0) is 24.8 Å². The van der Waals surface area contributed by atoms with Crippen LogP contribution in [-0.2, 0) is 0 Å². The van der Waals surface area contributed by atoms with E-state index in [0.29, 0.717) is 22.0 Å². The Morgan fingerprint density at radius 3 is 2.71 bits per heavy atom. The zero-order chi connectivity index (χ0) is 16.7. The number of rotatable bonds is 3. The Bertz CT molecular complexity index is 1000. The van der Waals surface area contributed by atoms with E-state index in [1.807, 2.05) is 55.6 Å². The van der Waals surface area contributed by atoms with Crippen LogP contribution < -0.4 is 4.90 Å². The third-order valence-corrected chi connectivity index (χ3v) is 4.40. The number of hydrogen-bond donors (Lipinski definition) is 0. The molecule has 0 atom stereocenters. The molecular weight excluding hydrogens is 326 g/mol. The molecule has 0 aliphatic carbocycles. The van der Waals surface area contributed by atoms with Crippen LogP contribution in [0.25, 0.3) is 27.8 Å². The molecule has 4 aromatic rings. The van der Waals surface area contributed by atoms with Gasteiger partial charge >= 0.3 is 0 Å². The molecule has 0 aliphatic heterocycles. The topological polar surface area (TPSA) is 83.7 Å². The largest absolute Gasteiger partial charge is 0.359 e. The number of hydrogen-bond acceptors (Lipinski definition) is 6. The van der Waals surface area contributed by atoms with Gasteiger partial charge in [-0.15, -0.1) is 11.3 Å². The molecule has 24 heavy (non-hydrogen) atoms. The first kappa shape index (κ1) is 14.6. The predicted molar refractivity (Wildman–Crippen MR) is 88.6 cm³/mol. The van der Waals surface area contributed by atoms with E-state index in [0.717, 1.165) is 22.1 Å². The Balaban J connectivity index is 1.80. The second-order valence-corrected chi connectivity index (χ2v) is 6.18. The van der Waals surface area contributed by atoms with E-state index in [9.17, 15) is 5.21 Å². The minimum absolute atomic E-state index is 0.348. The smallest absolute Gasteiger partial charge is 0.275 e. The number of thiazole rings is 1. The van der Waals surface area contributed by atoms with Crippen molar-refractivity contribution in [1.82, 2.24) is 19.9 Å². The van der Waals surface area contributed by atoms with Crippen molar-refractivity contribution in [2.75, 3.05) is 0 Å². The number of aromatic nitrogens is 5. The fourth-order valence-corrected chi connectivity index (χ4v) is 3.36. The highest BCUT2D eigenvalue weighted by Gasteiger charge is 2.25. The van der Waals surface area contributed by atoms with Gasteiger partial charge in [0.25, 0.3) is 5.69 Å². The van der Waals surface area contributed by atoms with Crippen LogP contribution in [0.4, 0.5) is 0 Å². The molecule has 3 heterocycles. The molecule has 0 saturated carbocycles. The molecule has 0 unspecified atom stereocenters. The number of aryl methyl sites for hydroxylation is 2. The van der Waals surface area contributed by atoms with Crippen LogP contribution in [0.2, 0.25) is 0 Å². The lowest BCUT2D eigenvalue weighted by Crippen LogP contribution is -2.25. The minimum atomic E-state index is 0.348. The van der Waals surface area contributed by atoms with Crippen LogP contribution in [0.1, 0.15) is 11.4 Å². The third kappa shape index (κ3) is 2.37. The summed E-state index contributed by atoms with van der Waals surface area (Å²) in [5, 5.41) is 22.9. The van der Waals surface area contributed by atoms with Crippen LogP contribution in [-0.4, -0.2) is 19.9 Å². The summed E-state index contributed by atoms with van der Waals surface area (Å²) in [4.78, 5) is 4.98. The number of nitrogens with zero attached hydrogens (tertiary/aromatic N) is 5. The summed E-state index contributed by atoms with van der Waals surface area (Å²) in [5.41, 5.74) is 3.99. The molecule has 0 radical (unpaired) electrons. The molecule has 0 amide bonds. The summed E-state index contributed by atoms with van der Waals surface area (Å²) in [6.07, 6.45) is 0. The maximum Gasteiger partial charge on any atom is 0.275 e. The van der Waals surface area contributed by atoms with Crippen molar-refractivity contribution in [3.8, 4) is 27.8 Å². The van der Waals surface area contributed by atoms with Crippen molar-refractivity contribution in [2.45, 2.75) is 13.8 Å². The van der Waals surface area contributed by atoms with Gasteiger partial charge in [-0.2, -0.15) is 5.10 Å². The summed E-state index contributed by atoms with van der Waals surface area (Å²) in [6, 6.07) is 11.2. The predicted octanol–water partition coefficient (Wildman–Crippen LogP) is 2.90. The van der Waals surface area contributed by atoms with Crippen molar-refractivity contribution in [3.63, 3.8) is 0 Å². The van der Waals surface area contributed by atoms with Gasteiger partial charge in [-0.25, -0.2) is 9.67 Å². The lowest BCUT2D eigenvalue weighted by molar-refractivity contribution is -0.793. The SMILES string of the molecule is Cc1cc(C)n(-c2nc(-c3no[n+]([O-])c3-c3ccccc3)cs2)n1. The fraction of sp³-hybridized carbons (Fsp3) is 0.125. The van der Waals surface area contributed by atoms with Gasteiger partial charge in [-0.1, -0.05) is 30.3 Å². The molecule has 0 fully saturated rings. The fourth-order valence-electron chi connectivity index (χ4n) is 2.55. The average molecular weight is 339 g/mol. The molecule has 0 aliphatic rings. The highest BCUT2D eigenvalue weighted by Crippen LogP contribution is 2.30. The van der Waals surface area contributed by atoms with Gasteiger partial charge in [0.15, 0.2) is 0 Å². The lowest BCUT2D eigenvalue weighted by Gasteiger charge is -1.98. The summed E-state index contributed by atoms with van der Waals surface area (Å²) >= 11 is 1.43. The van der Waals surface area contributed by atoms with Gasteiger partial charge in [0, 0.05) is 21.8 Å². The molecule has 7 nitrogen and oxygen atoms in total. The Hall–Kier alpha value is -3.00. The Kier molecular flexibility index (Phi) is 3.39. The van der Waals surface area contributed by atoms with E-state index in [4.69, 9.17) is 4.63 Å². The van der Waals surface area contributed by atoms with E-state index >= 15 is 0 Å². The minimum Gasteiger partial charge on any atom is -0.359 e. The van der Waals surface area contributed by atoms with Gasteiger partial charge < -0.3 is 5.21 Å². The van der Waals surface area contributed by atoms with E-state index in [1.165, 1.54) is 11.3 Å². The van der Waals surface area contributed by atoms with Crippen LogP contribution in [0.15, 0.2) is 46.4 Å². The molecule has 0 bridgehead atoms. The third-order valence-electron chi connectivity index (χ3n) is 3.59. The van der Waals surface area contributed by atoms with Crippen molar-refractivity contribution >= 4 is 11.3 Å². The van der Waals surface area contributed by atoms with Crippen molar-refractivity contribution in [1.29, 1.82) is 0 Å². The van der Waals surface area contributed by atoms with Crippen LogP contribution in [0.3, 0.4) is 0 Å². The molecule has 120 valence electrons. The van der Waals surface area contributed by atoms with E-state index in [1.54, 1.807) is 4.68 Å². The first-order valence-corrected chi connectivity index (χ1v) is 8.16. The molecule has 3 aromatic heterocycles. The van der Waals surface area contributed by atoms with Crippen molar-refractivity contribution in [2.24, 2.45) is 0 Å². The average Bonchev–Trinajstić information content (AvgIpc) is 3.26. The first-order valence-electron chi connectivity index (χ1n) is 7.28. The molecule has 4 rings (SSSR count). The maximum atomic E-state index is 12.0. The highest BCUT2D eigenvalue weighted by atomic mass is 32.1. The van der Waals surface area contributed by atoms with Gasteiger partial charge in [0.1, 0.15) is 5.69 Å². The Morgan fingerprint density at radius 2 is 2.00 bits per heavy atom. The molecule has 0 N–H and O–H groups in total. The zero-order valence-electron chi connectivity index (χ0n) is 13.0. The molecule has 0 spiro atoms. The first-order chi connectivity index (χ1) is 11.6. The van der Waals surface area contributed by atoms with Gasteiger partial charge in [0.05, 0.1) is 5.69 Å². The van der Waals surface area contributed by atoms with E-state index in [2.05, 4.69) is 15.2 Å². The normalized spacial score (nSPS) is 11.1. The maximum absolute atomic E-state index is 12.0. The van der Waals surface area contributed by atoms with Gasteiger partial charge in [-0.3, -0.25) is 4.63 Å². The Morgan fingerprint density at radius 1 is 1.21 bits per heavy atom. The summed E-state index contributed by atoms with van der Waals surface area (Å²) in [5.74, 6) is 0. The summed E-state index contributed by atoms with van der Waals surface area (Å²) in [7, 11) is 0. The summed E-state index contributed by atoms with van der Waals surface area (Å²) in [6.45, 7) is 3.90. The van der Waals surface area contributed by atoms with E-state index in [-0.39, 0.29) is 0 Å². The second kappa shape index (κ2) is 5.57. The lowest BCUT2D eigenvalue weighted by atomic mass is 10.1. The summed E-state index contributed by atoms with van der Waals surface area (Å²) < 4.78 is 6.58. The quantitative estimate of drug-likeness (QED) is 0.536. The van der Waals surface area contributed by atoms with Crippen LogP contribution in [0.5, 0.6) is 0 Å². The molecular formula is C16H13N5O2S. The molecule has 1 aromatic carbocycles. The van der Waals surface area contributed by atoms with E-state index < -0.39 is 0 Å². The molecule has 8 heteroatoms. The van der Waals surface area contributed by atoms with Gasteiger partial charge in [0.2, 0.25) is 10.8 Å². The van der Waals surface area contributed by atoms with Crippen molar-refractivity contribution < 1.29 is 9.53 Å². The zero-order valence-corrected chi connectivity index (χ0v) is 13.8. The monoisotopic (exact) mass is 339 g/mol. The van der Waals surface area contributed by atoms with Crippen LogP contribution >= 0.6 is 11.3 Å².